The summed E-state index contributed by atoms with van der Waals surface area (Å²) >= 11 is 0. The van der Waals surface area contributed by atoms with Crippen molar-refractivity contribution in [2.75, 3.05) is 0 Å². The van der Waals surface area contributed by atoms with Crippen molar-refractivity contribution >= 4 is 21.7 Å². The maximum Gasteiger partial charge on any atom is 0.0339 e. The number of hydrogen-bond donors (Lipinski definition) is 0. The van der Waals surface area contributed by atoms with E-state index in [0.29, 0.717) is 0 Å². The van der Waals surface area contributed by atoms with Gasteiger partial charge in [0.2, 0.25) is 0 Å². The average Bonchev–Trinajstić information content (AvgIpc) is 1.94. The maximum atomic E-state index is 5.52. The number of halogens is 1. The van der Waals surface area contributed by atoms with Gasteiger partial charge in [-0.15, -0.1) is 0 Å². The van der Waals surface area contributed by atoms with Crippen LogP contribution >= 0.6 is 21.7 Å². The molecule has 0 spiro atoms. The first-order valence-corrected chi connectivity index (χ1v) is 4.94. The number of hydrogen-bond acceptors (Lipinski definition) is 1. The highest BCUT2D eigenvalue weighted by Crippen LogP contribution is 2.17. The fourth-order valence-electron chi connectivity index (χ4n) is 0.831. The van der Waals surface area contributed by atoms with Gasteiger partial charge in [0, 0.05) is 5.75 Å². The smallest absolute Gasteiger partial charge is 0.0339 e. The van der Waals surface area contributed by atoms with Crippen LogP contribution in [0.2, 0.25) is 0 Å². The molecule has 2 heteroatoms. The minimum Gasteiger partial charge on any atom is -0.0620 e. The second kappa shape index (κ2) is 3.89. The average molecular weight is 173 g/mol. The predicted octanol–water partition coefficient (Wildman–Crippen LogP) is 3.38. The largest absolute Gasteiger partial charge is 0.0620 e. The van der Waals surface area contributed by atoms with Gasteiger partial charge in [-0.3, -0.25) is 0 Å². The topological polar surface area (TPSA) is 0 Å². The lowest BCUT2D eigenvalue weighted by molar-refractivity contribution is 1.31. The lowest BCUT2D eigenvalue weighted by atomic mass is 10.1. The van der Waals surface area contributed by atoms with Crippen LogP contribution in [0.4, 0.5) is 0 Å². The molecule has 10 heavy (non-hydrogen) atoms. The zero-order valence-corrected chi connectivity index (χ0v) is 7.38. The Morgan fingerprint density at radius 2 is 2.10 bits per heavy atom. The van der Waals surface area contributed by atoms with Crippen molar-refractivity contribution in [3.8, 4) is 0 Å². The standard InChI is InChI=1S/C8H9ClS/c1-7-4-2-3-5-8(7)6-10-9/h2-5H,6H2,1H3. The molecule has 0 saturated heterocycles. The molecule has 1 rings (SSSR count). The van der Waals surface area contributed by atoms with Crippen LogP contribution < -0.4 is 0 Å². The second-order valence-electron chi connectivity index (χ2n) is 2.18. The van der Waals surface area contributed by atoms with Crippen molar-refractivity contribution in [2.45, 2.75) is 12.7 Å². The molecular weight excluding hydrogens is 164 g/mol. The summed E-state index contributed by atoms with van der Waals surface area (Å²) in [5.74, 6) is 0.897. The molecule has 0 aliphatic rings. The first kappa shape index (κ1) is 7.96. The number of aryl methyl sites for hydroxylation is 1. The summed E-state index contributed by atoms with van der Waals surface area (Å²) in [6.45, 7) is 2.10. The van der Waals surface area contributed by atoms with Crippen molar-refractivity contribution in [3.63, 3.8) is 0 Å². The predicted molar refractivity (Wildman–Crippen MR) is 48.3 cm³/mol. The van der Waals surface area contributed by atoms with Crippen LogP contribution in [-0.4, -0.2) is 0 Å². The highest BCUT2D eigenvalue weighted by atomic mass is 35.7. The molecule has 0 nitrogen and oxygen atoms in total. The summed E-state index contributed by atoms with van der Waals surface area (Å²) in [4.78, 5) is 0. The van der Waals surface area contributed by atoms with E-state index in [-0.39, 0.29) is 0 Å². The second-order valence-corrected chi connectivity index (χ2v) is 3.34. The first-order valence-electron chi connectivity index (χ1n) is 3.12. The van der Waals surface area contributed by atoms with E-state index in [1.54, 1.807) is 0 Å². The van der Waals surface area contributed by atoms with Crippen LogP contribution in [0.15, 0.2) is 24.3 Å². The molecule has 0 aliphatic heterocycles. The van der Waals surface area contributed by atoms with Gasteiger partial charge in [0.25, 0.3) is 0 Å². The van der Waals surface area contributed by atoms with E-state index in [2.05, 4.69) is 19.1 Å². The van der Waals surface area contributed by atoms with Gasteiger partial charge in [0.15, 0.2) is 0 Å². The van der Waals surface area contributed by atoms with Crippen molar-refractivity contribution < 1.29 is 0 Å². The van der Waals surface area contributed by atoms with E-state index >= 15 is 0 Å². The highest BCUT2D eigenvalue weighted by molar-refractivity contribution is 8.20. The minimum absolute atomic E-state index is 0.897. The Hall–Kier alpha value is -0.140. The SMILES string of the molecule is Cc1ccccc1CSCl. The lowest BCUT2D eigenvalue weighted by Gasteiger charge is -1.99. The molecule has 0 aliphatic carbocycles. The molecule has 0 N–H and O–H groups in total. The fraction of sp³-hybridized carbons (Fsp3) is 0.250. The van der Waals surface area contributed by atoms with E-state index in [0.717, 1.165) is 5.75 Å². The van der Waals surface area contributed by atoms with Gasteiger partial charge in [-0.25, -0.2) is 0 Å². The monoisotopic (exact) mass is 172 g/mol. The van der Waals surface area contributed by atoms with Crippen LogP contribution in [0, 0.1) is 6.92 Å². The lowest BCUT2D eigenvalue weighted by Crippen LogP contribution is -1.82. The van der Waals surface area contributed by atoms with Crippen LogP contribution in [0.25, 0.3) is 0 Å². The van der Waals surface area contributed by atoms with Crippen molar-refractivity contribution in [1.29, 1.82) is 0 Å². The summed E-state index contributed by atoms with van der Waals surface area (Å²) in [5, 5.41) is 0. The zero-order chi connectivity index (χ0) is 7.40. The van der Waals surface area contributed by atoms with E-state index in [1.165, 1.54) is 22.1 Å². The van der Waals surface area contributed by atoms with Crippen molar-refractivity contribution in [2.24, 2.45) is 0 Å². The summed E-state index contributed by atoms with van der Waals surface area (Å²) < 4.78 is 0. The molecule has 0 saturated carbocycles. The molecule has 0 heterocycles. The Labute approximate surface area is 70.1 Å². The van der Waals surface area contributed by atoms with Gasteiger partial charge < -0.3 is 0 Å². The van der Waals surface area contributed by atoms with Crippen LogP contribution in [-0.2, 0) is 5.75 Å². The van der Waals surface area contributed by atoms with Crippen molar-refractivity contribution in [3.05, 3.63) is 35.4 Å². The highest BCUT2D eigenvalue weighted by Gasteiger charge is 1.93. The summed E-state index contributed by atoms with van der Waals surface area (Å²) in [6, 6.07) is 8.28. The summed E-state index contributed by atoms with van der Waals surface area (Å²) in [5.41, 5.74) is 2.64. The van der Waals surface area contributed by atoms with Gasteiger partial charge in [0.05, 0.1) is 0 Å². The van der Waals surface area contributed by atoms with Gasteiger partial charge in [0.1, 0.15) is 0 Å². The third kappa shape index (κ3) is 1.93. The molecule has 0 amide bonds. The summed E-state index contributed by atoms with van der Waals surface area (Å²) in [6.07, 6.45) is 0. The van der Waals surface area contributed by atoms with E-state index in [1.807, 2.05) is 12.1 Å². The van der Waals surface area contributed by atoms with E-state index < -0.39 is 0 Å². The molecule has 0 atom stereocenters. The number of rotatable bonds is 2. The van der Waals surface area contributed by atoms with E-state index in [4.69, 9.17) is 10.7 Å². The van der Waals surface area contributed by atoms with Gasteiger partial charge in [-0.2, -0.15) is 0 Å². The first-order chi connectivity index (χ1) is 4.84. The summed E-state index contributed by atoms with van der Waals surface area (Å²) in [7, 11) is 6.87. The zero-order valence-electron chi connectivity index (χ0n) is 5.80. The molecule has 0 fully saturated rings. The molecule has 1 aromatic carbocycles. The van der Waals surface area contributed by atoms with Crippen LogP contribution in [0.1, 0.15) is 11.1 Å². The Morgan fingerprint density at radius 1 is 1.40 bits per heavy atom. The fourth-order valence-corrected chi connectivity index (χ4v) is 1.62. The molecule has 0 radical (unpaired) electrons. The van der Waals surface area contributed by atoms with Gasteiger partial charge in [-0.05, 0) is 28.7 Å². The molecule has 1 aromatic rings. The van der Waals surface area contributed by atoms with E-state index in [9.17, 15) is 0 Å². The maximum absolute atomic E-state index is 5.52. The molecule has 54 valence electrons. The van der Waals surface area contributed by atoms with Crippen molar-refractivity contribution in [1.82, 2.24) is 0 Å². The van der Waals surface area contributed by atoms with Crippen LogP contribution in [0.3, 0.4) is 0 Å². The molecule has 0 aromatic heterocycles. The Morgan fingerprint density at radius 3 is 2.70 bits per heavy atom. The third-order valence-corrected chi connectivity index (χ3v) is 2.22. The van der Waals surface area contributed by atoms with Gasteiger partial charge in [-0.1, -0.05) is 35.2 Å². The van der Waals surface area contributed by atoms with Crippen LogP contribution in [0.5, 0.6) is 0 Å². The van der Waals surface area contributed by atoms with Gasteiger partial charge >= 0.3 is 0 Å². The number of benzene rings is 1. The third-order valence-electron chi connectivity index (χ3n) is 1.47. The Balaban J connectivity index is 2.81. The Bertz CT molecular complexity index is 210. The normalized spacial score (nSPS) is 9.80. The minimum atomic E-state index is 0.897. The quantitative estimate of drug-likeness (QED) is 0.659. The molecule has 0 bridgehead atoms. The molecule has 0 unspecified atom stereocenters. The molecular formula is C8H9ClS. The Kier molecular flexibility index (Phi) is 3.10.